The first-order valence-corrected chi connectivity index (χ1v) is 7.57. The summed E-state index contributed by atoms with van der Waals surface area (Å²) in [6.45, 7) is 2.08. The number of alkyl halides is 1. The van der Waals surface area contributed by atoms with Crippen molar-refractivity contribution >= 4 is 17.5 Å². The normalized spacial score (nSPS) is 28.1. The molecule has 0 aliphatic heterocycles. The molecule has 1 amide bonds. The van der Waals surface area contributed by atoms with Crippen LogP contribution in [0.3, 0.4) is 0 Å². The predicted octanol–water partition coefficient (Wildman–Crippen LogP) is 3.59. The van der Waals surface area contributed by atoms with E-state index in [9.17, 15) is 4.79 Å². The minimum atomic E-state index is -0.186. The van der Waals surface area contributed by atoms with Gasteiger partial charge in [-0.15, -0.1) is 11.6 Å². The molecule has 0 spiro atoms. The van der Waals surface area contributed by atoms with Gasteiger partial charge < -0.3 is 5.32 Å². The molecular formula is C16H20ClNO. The fraction of sp³-hybridized carbons (Fsp3) is 0.562. The fourth-order valence-corrected chi connectivity index (χ4v) is 3.78. The number of halogens is 1. The summed E-state index contributed by atoms with van der Waals surface area (Å²) in [5.41, 5.74) is 2.27. The number of hydrogen-bond acceptors (Lipinski definition) is 1. The molecule has 2 atom stereocenters. The largest absolute Gasteiger partial charge is 0.347 e. The van der Waals surface area contributed by atoms with Gasteiger partial charge in [0, 0.05) is 5.41 Å². The zero-order valence-corrected chi connectivity index (χ0v) is 12.0. The average molecular weight is 278 g/mol. The maximum Gasteiger partial charge on any atom is 0.226 e. The Hall–Kier alpha value is -1.02. The zero-order chi connectivity index (χ0) is 13.5. The van der Waals surface area contributed by atoms with Gasteiger partial charge in [0.25, 0.3) is 0 Å². The van der Waals surface area contributed by atoms with Crippen molar-refractivity contribution < 1.29 is 4.79 Å². The molecule has 3 rings (SSSR count). The van der Waals surface area contributed by atoms with Crippen LogP contribution in [0.5, 0.6) is 0 Å². The molecule has 2 aliphatic rings. The lowest BCUT2D eigenvalue weighted by Crippen LogP contribution is -2.41. The molecule has 0 heterocycles. The van der Waals surface area contributed by atoms with Gasteiger partial charge in [-0.3, -0.25) is 4.79 Å². The molecule has 0 bridgehead atoms. The molecule has 19 heavy (non-hydrogen) atoms. The Balaban J connectivity index is 1.78. The van der Waals surface area contributed by atoms with Crippen LogP contribution in [0.15, 0.2) is 24.3 Å². The lowest BCUT2D eigenvalue weighted by atomic mass is 9.87. The van der Waals surface area contributed by atoms with Crippen molar-refractivity contribution in [2.24, 2.45) is 5.41 Å². The van der Waals surface area contributed by atoms with Crippen LogP contribution >= 0.6 is 11.6 Å². The summed E-state index contributed by atoms with van der Waals surface area (Å²) in [6.07, 6.45) is 5.17. The summed E-state index contributed by atoms with van der Waals surface area (Å²) >= 11 is 6.43. The second-order valence-electron chi connectivity index (χ2n) is 6.14. The van der Waals surface area contributed by atoms with Crippen LogP contribution in [0.1, 0.15) is 49.8 Å². The van der Waals surface area contributed by atoms with Gasteiger partial charge in [-0.2, -0.15) is 0 Å². The molecule has 1 aromatic carbocycles. The number of rotatable bonds is 2. The molecule has 1 fully saturated rings. The van der Waals surface area contributed by atoms with E-state index in [-0.39, 0.29) is 22.7 Å². The maximum atomic E-state index is 12.5. The Bertz CT molecular complexity index is 493. The lowest BCUT2D eigenvalue weighted by molar-refractivity contribution is -0.130. The maximum absolute atomic E-state index is 12.5. The van der Waals surface area contributed by atoms with Gasteiger partial charge in [0.15, 0.2) is 0 Å². The van der Waals surface area contributed by atoms with E-state index in [2.05, 4.69) is 24.4 Å². The summed E-state index contributed by atoms with van der Waals surface area (Å²) in [4.78, 5) is 12.5. The van der Waals surface area contributed by atoms with E-state index >= 15 is 0 Å². The average Bonchev–Trinajstić information content (AvgIpc) is 2.96. The number of fused-ring (bicyclic) bond motifs is 1. The number of benzene rings is 1. The minimum absolute atomic E-state index is 0.0219. The molecule has 2 unspecified atom stereocenters. The molecule has 102 valence electrons. The van der Waals surface area contributed by atoms with Crippen molar-refractivity contribution in [3.05, 3.63) is 35.4 Å². The molecule has 0 aromatic heterocycles. The minimum Gasteiger partial charge on any atom is -0.347 e. The summed E-state index contributed by atoms with van der Waals surface area (Å²) < 4.78 is 0. The summed E-state index contributed by atoms with van der Waals surface area (Å²) in [7, 11) is 0. The predicted molar refractivity (Wildman–Crippen MR) is 77.2 cm³/mol. The van der Waals surface area contributed by atoms with E-state index in [1.165, 1.54) is 11.1 Å². The second-order valence-corrected chi connectivity index (χ2v) is 6.70. The first-order chi connectivity index (χ1) is 9.10. The summed E-state index contributed by atoms with van der Waals surface area (Å²) in [6, 6.07) is 8.21. The Morgan fingerprint density at radius 3 is 2.74 bits per heavy atom. The molecule has 0 saturated heterocycles. The lowest BCUT2D eigenvalue weighted by Gasteiger charge is -2.26. The highest BCUT2D eigenvalue weighted by atomic mass is 35.5. The fourth-order valence-electron chi connectivity index (χ4n) is 3.41. The summed E-state index contributed by atoms with van der Waals surface area (Å²) in [5, 5.41) is 3.17. The number of carbonyl (C=O) groups excluding carboxylic acids is 1. The van der Waals surface area contributed by atoms with Crippen molar-refractivity contribution in [3.63, 3.8) is 0 Å². The van der Waals surface area contributed by atoms with Crippen LogP contribution < -0.4 is 5.32 Å². The molecular weight excluding hydrogens is 258 g/mol. The van der Waals surface area contributed by atoms with Crippen molar-refractivity contribution in [3.8, 4) is 0 Å². The van der Waals surface area contributed by atoms with Crippen LogP contribution in [0.2, 0.25) is 0 Å². The van der Waals surface area contributed by atoms with E-state index in [0.717, 1.165) is 32.1 Å². The monoisotopic (exact) mass is 277 g/mol. The molecule has 2 aliphatic carbocycles. The first kappa shape index (κ1) is 13.0. The van der Waals surface area contributed by atoms with Crippen LogP contribution in [-0.2, 0) is 11.2 Å². The van der Waals surface area contributed by atoms with Gasteiger partial charge in [-0.1, -0.05) is 44.0 Å². The molecule has 1 N–H and O–H groups in total. The van der Waals surface area contributed by atoms with Crippen molar-refractivity contribution in [2.45, 2.75) is 50.4 Å². The van der Waals surface area contributed by atoms with Crippen LogP contribution in [0, 0.1) is 5.41 Å². The molecule has 1 saturated carbocycles. The Labute approximate surface area is 119 Å². The molecule has 0 radical (unpaired) electrons. The van der Waals surface area contributed by atoms with Gasteiger partial charge >= 0.3 is 0 Å². The van der Waals surface area contributed by atoms with Gasteiger partial charge in [0.2, 0.25) is 5.91 Å². The molecule has 1 aromatic rings. The number of nitrogens with one attached hydrogen (secondary N) is 1. The van der Waals surface area contributed by atoms with Crippen molar-refractivity contribution in [1.82, 2.24) is 5.32 Å². The van der Waals surface area contributed by atoms with E-state index in [4.69, 9.17) is 11.6 Å². The van der Waals surface area contributed by atoms with Gasteiger partial charge in [0.1, 0.15) is 0 Å². The highest BCUT2D eigenvalue weighted by molar-refractivity contribution is 6.21. The standard InChI is InChI=1S/C16H20ClNO/c1-16(8-4-5-9-16)15(19)18-14-12-7-3-2-6-11(12)10-13(14)17/h2-3,6-7,13-14H,4-5,8-10H2,1H3,(H,18,19). The third kappa shape index (κ3) is 2.27. The van der Waals surface area contributed by atoms with E-state index in [1.807, 2.05) is 12.1 Å². The van der Waals surface area contributed by atoms with E-state index < -0.39 is 0 Å². The zero-order valence-electron chi connectivity index (χ0n) is 11.3. The SMILES string of the molecule is CC1(C(=O)NC2c3ccccc3CC2Cl)CCCC1. The first-order valence-electron chi connectivity index (χ1n) is 7.13. The highest BCUT2D eigenvalue weighted by Gasteiger charge is 2.40. The molecule has 3 heteroatoms. The highest BCUT2D eigenvalue weighted by Crippen LogP contribution is 2.40. The number of carbonyl (C=O) groups is 1. The Morgan fingerprint density at radius 1 is 1.32 bits per heavy atom. The van der Waals surface area contributed by atoms with Crippen molar-refractivity contribution in [2.75, 3.05) is 0 Å². The number of hydrogen-bond donors (Lipinski definition) is 1. The van der Waals surface area contributed by atoms with E-state index in [1.54, 1.807) is 0 Å². The van der Waals surface area contributed by atoms with Gasteiger partial charge in [-0.25, -0.2) is 0 Å². The van der Waals surface area contributed by atoms with Crippen molar-refractivity contribution in [1.29, 1.82) is 0 Å². The summed E-state index contributed by atoms with van der Waals surface area (Å²) in [5.74, 6) is 0.178. The molecule has 2 nitrogen and oxygen atoms in total. The van der Waals surface area contributed by atoms with Gasteiger partial charge in [-0.05, 0) is 30.4 Å². The second kappa shape index (κ2) is 4.82. The van der Waals surface area contributed by atoms with Gasteiger partial charge in [0.05, 0.1) is 11.4 Å². The Kier molecular flexibility index (Phi) is 3.30. The van der Waals surface area contributed by atoms with Crippen LogP contribution in [0.25, 0.3) is 0 Å². The van der Waals surface area contributed by atoms with Crippen LogP contribution in [-0.4, -0.2) is 11.3 Å². The third-order valence-corrected chi connectivity index (χ3v) is 5.11. The van der Waals surface area contributed by atoms with Crippen LogP contribution in [0.4, 0.5) is 0 Å². The quantitative estimate of drug-likeness (QED) is 0.823. The topological polar surface area (TPSA) is 29.1 Å². The smallest absolute Gasteiger partial charge is 0.226 e. The Morgan fingerprint density at radius 2 is 2.00 bits per heavy atom. The number of amides is 1. The third-order valence-electron chi connectivity index (χ3n) is 4.71. The van der Waals surface area contributed by atoms with E-state index in [0.29, 0.717) is 0 Å².